The molecule has 0 aromatic heterocycles. The Morgan fingerprint density at radius 1 is 1.14 bits per heavy atom. The van der Waals surface area contributed by atoms with Crippen LogP contribution in [0.2, 0.25) is 0 Å². The molecule has 0 aliphatic rings. The van der Waals surface area contributed by atoms with Crippen LogP contribution in [0.5, 0.6) is 0 Å². The molecule has 0 spiro atoms. The summed E-state index contributed by atoms with van der Waals surface area (Å²) in [6.45, 7) is 14.1. The van der Waals surface area contributed by atoms with E-state index in [0.717, 1.165) is 11.1 Å². The number of rotatable bonds is 3. The second-order valence-corrected chi connectivity index (χ2v) is 7.49. The molecule has 0 atom stereocenters. The van der Waals surface area contributed by atoms with E-state index in [9.17, 15) is 9.59 Å². The standard InChI is InChI=1S/C11H11BrO2.C7H16/c1-6-4-7(2)10(9(12)5-6)11(14)8(3)13;1-5-6-7(2,3)4/h4-5H,1-3H3;5-6H2,1-4H3. The second-order valence-electron chi connectivity index (χ2n) is 6.63. The van der Waals surface area contributed by atoms with Gasteiger partial charge in [0.25, 0.3) is 0 Å². The monoisotopic (exact) mass is 354 g/mol. The van der Waals surface area contributed by atoms with Gasteiger partial charge in [-0.2, -0.15) is 0 Å². The molecule has 21 heavy (non-hydrogen) atoms. The molecule has 0 bridgehead atoms. The summed E-state index contributed by atoms with van der Waals surface area (Å²) in [5.74, 6) is -0.868. The minimum Gasteiger partial charge on any atom is -0.291 e. The van der Waals surface area contributed by atoms with Crippen LogP contribution < -0.4 is 0 Å². The van der Waals surface area contributed by atoms with Gasteiger partial charge in [-0.3, -0.25) is 9.59 Å². The highest BCUT2D eigenvalue weighted by atomic mass is 79.9. The number of aryl methyl sites for hydroxylation is 2. The smallest absolute Gasteiger partial charge is 0.229 e. The van der Waals surface area contributed by atoms with Crippen LogP contribution in [-0.2, 0) is 4.79 Å². The third-order valence-corrected chi connectivity index (χ3v) is 3.60. The summed E-state index contributed by atoms with van der Waals surface area (Å²) in [5.41, 5.74) is 2.92. The Bertz CT molecular complexity index is 487. The van der Waals surface area contributed by atoms with E-state index in [-0.39, 0.29) is 0 Å². The summed E-state index contributed by atoms with van der Waals surface area (Å²) >= 11 is 3.29. The van der Waals surface area contributed by atoms with Gasteiger partial charge in [0.15, 0.2) is 5.78 Å². The van der Waals surface area contributed by atoms with Crippen molar-refractivity contribution in [2.75, 3.05) is 0 Å². The molecule has 0 N–H and O–H groups in total. The number of hydrogen-bond acceptors (Lipinski definition) is 2. The molecule has 0 saturated carbocycles. The zero-order chi connectivity index (χ0) is 16.8. The molecule has 0 unspecified atom stereocenters. The molecular formula is C18H27BrO2. The largest absolute Gasteiger partial charge is 0.291 e. The van der Waals surface area contributed by atoms with Crippen LogP contribution in [0, 0.1) is 19.3 Å². The molecule has 2 nitrogen and oxygen atoms in total. The van der Waals surface area contributed by atoms with Crippen molar-refractivity contribution in [3.05, 3.63) is 33.3 Å². The molecule has 118 valence electrons. The lowest BCUT2D eigenvalue weighted by Crippen LogP contribution is -2.12. The number of carbonyl (C=O) groups excluding carboxylic acids is 2. The summed E-state index contributed by atoms with van der Waals surface area (Å²) in [6.07, 6.45) is 2.65. The molecule has 0 aliphatic carbocycles. The van der Waals surface area contributed by atoms with E-state index < -0.39 is 11.6 Å². The van der Waals surface area contributed by atoms with Gasteiger partial charge >= 0.3 is 0 Å². The third kappa shape index (κ3) is 7.56. The van der Waals surface area contributed by atoms with E-state index in [2.05, 4.69) is 43.6 Å². The van der Waals surface area contributed by atoms with Crippen molar-refractivity contribution in [2.45, 2.75) is 61.3 Å². The van der Waals surface area contributed by atoms with Gasteiger partial charge in [-0.05, 0) is 42.9 Å². The van der Waals surface area contributed by atoms with Crippen LogP contribution >= 0.6 is 15.9 Å². The minimum atomic E-state index is -0.436. The van der Waals surface area contributed by atoms with Gasteiger partial charge < -0.3 is 0 Å². The topological polar surface area (TPSA) is 34.1 Å². The first-order valence-corrected chi connectivity index (χ1v) is 8.11. The summed E-state index contributed by atoms with van der Waals surface area (Å²) in [7, 11) is 0. The fourth-order valence-electron chi connectivity index (χ4n) is 2.13. The van der Waals surface area contributed by atoms with E-state index in [1.54, 1.807) is 0 Å². The number of hydrogen-bond donors (Lipinski definition) is 0. The van der Waals surface area contributed by atoms with Crippen molar-refractivity contribution >= 4 is 27.5 Å². The zero-order valence-corrected chi connectivity index (χ0v) is 15.8. The Morgan fingerprint density at radius 2 is 1.67 bits per heavy atom. The van der Waals surface area contributed by atoms with Gasteiger partial charge in [0.1, 0.15) is 0 Å². The first kappa shape index (κ1) is 20.0. The Balaban J connectivity index is 0.000000486. The maximum absolute atomic E-state index is 11.5. The van der Waals surface area contributed by atoms with Crippen LogP contribution in [0.25, 0.3) is 0 Å². The number of benzene rings is 1. The second kappa shape index (κ2) is 8.47. The first-order valence-electron chi connectivity index (χ1n) is 7.31. The molecule has 0 heterocycles. The quantitative estimate of drug-likeness (QED) is 0.517. The lowest BCUT2D eigenvalue weighted by molar-refractivity contribution is -0.113. The number of halogens is 1. The highest BCUT2D eigenvalue weighted by Crippen LogP contribution is 2.23. The molecule has 0 amide bonds. The lowest BCUT2D eigenvalue weighted by Gasteiger charge is -2.15. The number of carbonyl (C=O) groups is 2. The summed E-state index contributed by atoms with van der Waals surface area (Å²) in [6, 6.07) is 3.73. The Hall–Kier alpha value is -0.960. The SMILES string of the molecule is CC(=O)C(=O)c1c(C)cc(C)cc1Br.CCCC(C)(C)C. The van der Waals surface area contributed by atoms with E-state index in [0.29, 0.717) is 15.5 Å². The van der Waals surface area contributed by atoms with Crippen LogP contribution in [0.15, 0.2) is 16.6 Å². The van der Waals surface area contributed by atoms with Crippen LogP contribution in [0.3, 0.4) is 0 Å². The van der Waals surface area contributed by atoms with Gasteiger partial charge in [0.2, 0.25) is 5.78 Å². The molecule has 0 radical (unpaired) electrons. The Labute approximate surface area is 137 Å². The maximum atomic E-state index is 11.5. The van der Waals surface area contributed by atoms with E-state index in [1.807, 2.05) is 26.0 Å². The lowest BCUT2D eigenvalue weighted by atomic mass is 9.91. The highest BCUT2D eigenvalue weighted by molar-refractivity contribution is 9.10. The van der Waals surface area contributed by atoms with Gasteiger partial charge in [-0.15, -0.1) is 0 Å². The van der Waals surface area contributed by atoms with Crippen molar-refractivity contribution in [3.63, 3.8) is 0 Å². The van der Waals surface area contributed by atoms with E-state index in [1.165, 1.54) is 19.8 Å². The molecule has 1 aromatic carbocycles. The van der Waals surface area contributed by atoms with Crippen molar-refractivity contribution in [3.8, 4) is 0 Å². The third-order valence-electron chi connectivity index (χ3n) is 2.98. The van der Waals surface area contributed by atoms with Crippen molar-refractivity contribution in [1.29, 1.82) is 0 Å². The van der Waals surface area contributed by atoms with Gasteiger partial charge in [-0.25, -0.2) is 0 Å². The fourth-order valence-corrected chi connectivity index (χ4v) is 2.98. The molecule has 1 aromatic rings. The summed E-state index contributed by atoms with van der Waals surface area (Å²) < 4.78 is 0.690. The van der Waals surface area contributed by atoms with Gasteiger partial charge in [-0.1, -0.05) is 56.1 Å². The number of Topliss-reactive ketones (excluding diaryl/α,β-unsaturated/α-hetero) is 2. The maximum Gasteiger partial charge on any atom is 0.229 e. The Morgan fingerprint density at radius 3 is 1.95 bits per heavy atom. The minimum absolute atomic E-state index is 0.433. The van der Waals surface area contributed by atoms with Gasteiger partial charge in [0, 0.05) is 17.0 Å². The van der Waals surface area contributed by atoms with E-state index in [4.69, 9.17) is 0 Å². The molecular weight excluding hydrogens is 328 g/mol. The molecule has 1 rings (SSSR count). The summed E-state index contributed by atoms with van der Waals surface area (Å²) in [4.78, 5) is 22.5. The average Bonchev–Trinajstić information content (AvgIpc) is 2.26. The van der Waals surface area contributed by atoms with Crippen LogP contribution in [0.1, 0.15) is 68.9 Å². The van der Waals surface area contributed by atoms with Gasteiger partial charge in [0.05, 0.1) is 0 Å². The fraction of sp³-hybridized carbons (Fsp3) is 0.556. The van der Waals surface area contributed by atoms with Crippen molar-refractivity contribution in [2.24, 2.45) is 5.41 Å². The average molecular weight is 355 g/mol. The predicted molar refractivity (Wildman–Crippen MR) is 93.0 cm³/mol. The van der Waals surface area contributed by atoms with Crippen molar-refractivity contribution < 1.29 is 9.59 Å². The predicted octanol–water partition coefficient (Wildman–Crippen LogP) is 5.67. The number of ketones is 2. The zero-order valence-electron chi connectivity index (χ0n) is 14.3. The van der Waals surface area contributed by atoms with Crippen LogP contribution in [-0.4, -0.2) is 11.6 Å². The Kier molecular flexibility index (Phi) is 8.09. The normalized spacial score (nSPS) is 10.7. The van der Waals surface area contributed by atoms with Crippen molar-refractivity contribution in [1.82, 2.24) is 0 Å². The van der Waals surface area contributed by atoms with Crippen LogP contribution in [0.4, 0.5) is 0 Å². The molecule has 3 heteroatoms. The molecule has 0 saturated heterocycles. The van der Waals surface area contributed by atoms with E-state index >= 15 is 0 Å². The summed E-state index contributed by atoms with van der Waals surface area (Å²) in [5, 5.41) is 0. The molecule has 0 aliphatic heterocycles. The highest BCUT2D eigenvalue weighted by Gasteiger charge is 2.17. The molecule has 0 fully saturated rings. The first-order chi connectivity index (χ1) is 9.49.